The molecule has 1 fully saturated rings. The van der Waals surface area contributed by atoms with Crippen LogP contribution in [0.2, 0.25) is 0 Å². The van der Waals surface area contributed by atoms with E-state index < -0.39 is 6.17 Å². The molecular formula is C5H8FOS+. The predicted molar refractivity (Wildman–Crippen MR) is 30.6 cm³/mol. The van der Waals surface area contributed by atoms with Crippen LogP contribution in [0, 0.1) is 0 Å². The van der Waals surface area contributed by atoms with Crippen LogP contribution in [-0.4, -0.2) is 11.4 Å². The Morgan fingerprint density at radius 3 is 2.50 bits per heavy atom. The van der Waals surface area contributed by atoms with Crippen LogP contribution in [0.4, 0.5) is 4.39 Å². The molecule has 0 saturated heterocycles. The second-order valence-corrected chi connectivity index (χ2v) is 2.99. The number of alkyl halides is 1. The highest BCUT2D eigenvalue weighted by atomic mass is 32.1. The van der Waals surface area contributed by atoms with Gasteiger partial charge in [0.25, 0.3) is 0 Å². The van der Waals surface area contributed by atoms with E-state index in [4.69, 9.17) is 0 Å². The molecule has 0 aliphatic heterocycles. The minimum absolute atomic E-state index is 0.0602. The average Bonchev–Trinajstić information content (AvgIpc) is 2.14. The lowest BCUT2D eigenvalue weighted by Gasteiger charge is -1.85. The van der Waals surface area contributed by atoms with Crippen molar-refractivity contribution in [3.63, 3.8) is 0 Å². The molecule has 0 heterocycles. The maximum Gasteiger partial charge on any atom is 0.462 e. The molecule has 2 unspecified atom stereocenters. The Labute approximate surface area is 51.8 Å². The van der Waals surface area contributed by atoms with E-state index in [1.165, 1.54) is 0 Å². The smallest absolute Gasteiger partial charge is 0.247 e. The summed E-state index contributed by atoms with van der Waals surface area (Å²) >= 11 is 0.546. The molecule has 1 nitrogen and oxygen atoms in total. The van der Waals surface area contributed by atoms with E-state index in [0.29, 0.717) is 24.5 Å². The Hall–Kier alpha value is -0.0500. The number of hydrogen-bond donors (Lipinski definition) is 0. The average molecular weight is 135 g/mol. The second kappa shape index (κ2) is 2.49. The van der Waals surface area contributed by atoms with Crippen LogP contribution in [0.25, 0.3) is 0 Å². The highest BCUT2D eigenvalue weighted by molar-refractivity contribution is 7.66. The summed E-state index contributed by atoms with van der Waals surface area (Å²) in [6.45, 7) is 0. The molecule has 0 aromatic carbocycles. The summed E-state index contributed by atoms with van der Waals surface area (Å²) in [4.78, 5) is 0. The van der Waals surface area contributed by atoms with E-state index in [1.54, 1.807) is 0 Å². The predicted octanol–water partition coefficient (Wildman–Crippen LogP) is 1.31. The summed E-state index contributed by atoms with van der Waals surface area (Å²) in [5, 5.41) is 0.0602. The highest BCUT2D eigenvalue weighted by Gasteiger charge is 2.33. The first-order valence-electron chi connectivity index (χ1n) is 2.75. The van der Waals surface area contributed by atoms with E-state index in [0.717, 1.165) is 6.42 Å². The molecular weight excluding hydrogens is 127 g/mol. The quantitative estimate of drug-likeness (QED) is 0.495. The van der Waals surface area contributed by atoms with Crippen LogP contribution in [0.15, 0.2) is 0 Å². The van der Waals surface area contributed by atoms with E-state index in [-0.39, 0.29) is 5.25 Å². The minimum atomic E-state index is -0.693. The van der Waals surface area contributed by atoms with Crippen LogP contribution in [0.1, 0.15) is 19.3 Å². The Kier molecular flexibility index (Phi) is 1.89. The fraction of sp³-hybridized carbons (Fsp3) is 1.00. The van der Waals surface area contributed by atoms with Crippen LogP contribution >= 0.6 is 0 Å². The molecule has 8 heavy (non-hydrogen) atoms. The number of rotatable bonds is 1. The van der Waals surface area contributed by atoms with Gasteiger partial charge in [0.2, 0.25) is 5.25 Å². The van der Waals surface area contributed by atoms with Gasteiger partial charge in [-0.15, -0.1) is 0 Å². The van der Waals surface area contributed by atoms with Crippen LogP contribution < -0.4 is 0 Å². The maximum atomic E-state index is 12.2. The first kappa shape index (κ1) is 6.08. The summed E-state index contributed by atoms with van der Waals surface area (Å²) in [5.74, 6) is 0. The van der Waals surface area contributed by atoms with Crippen molar-refractivity contribution in [3.8, 4) is 0 Å². The molecule has 0 spiro atoms. The lowest BCUT2D eigenvalue weighted by Crippen LogP contribution is -1.98. The van der Waals surface area contributed by atoms with Gasteiger partial charge >= 0.3 is 11.7 Å². The second-order valence-electron chi connectivity index (χ2n) is 2.13. The van der Waals surface area contributed by atoms with E-state index in [2.05, 4.69) is 0 Å². The van der Waals surface area contributed by atoms with Crippen molar-refractivity contribution in [2.24, 2.45) is 0 Å². The van der Waals surface area contributed by atoms with Crippen LogP contribution in [0.5, 0.6) is 0 Å². The summed E-state index contributed by atoms with van der Waals surface area (Å²) < 4.78 is 22.2. The van der Waals surface area contributed by atoms with E-state index >= 15 is 0 Å². The SMILES string of the molecule is O=[S+]C1CCC(F)C1. The van der Waals surface area contributed by atoms with Crippen molar-refractivity contribution in [3.05, 3.63) is 0 Å². The summed E-state index contributed by atoms with van der Waals surface area (Å²) in [6, 6.07) is 0. The van der Waals surface area contributed by atoms with Crippen LogP contribution in [-0.2, 0) is 15.9 Å². The van der Waals surface area contributed by atoms with Crippen molar-refractivity contribution in [2.45, 2.75) is 30.7 Å². The van der Waals surface area contributed by atoms with Gasteiger partial charge in [0, 0.05) is 17.1 Å². The van der Waals surface area contributed by atoms with Gasteiger partial charge in [-0.3, -0.25) is 0 Å². The van der Waals surface area contributed by atoms with Gasteiger partial charge in [0.15, 0.2) is 0 Å². The van der Waals surface area contributed by atoms with Gasteiger partial charge in [-0.2, -0.15) is 0 Å². The van der Waals surface area contributed by atoms with Crippen molar-refractivity contribution < 1.29 is 8.60 Å². The molecule has 0 bridgehead atoms. The largest absolute Gasteiger partial charge is 0.462 e. The van der Waals surface area contributed by atoms with Gasteiger partial charge in [-0.05, 0) is 6.42 Å². The van der Waals surface area contributed by atoms with E-state index in [9.17, 15) is 8.60 Å². The highest BCUT2D eigenvalue weighted by Crippen LogP contribution is 2.22. The molecule has 1 rings (SSSR count). The lowest BCUT2D eigenvalue weighted by molar-refractivity contribution is 0.343. The van der Waals surface area contributed by atoms with Gasteiger partial charge in [0.05, 0.1) is 0 Å². The number of halogens is 1. The monoisotopic (exact) mass is 135 g/mol. The molecule has 0 aromatic rings. The van der Waals surface area contributed by atoms with Crippen molar-refractivity contribution in [2.75, 3.05) is 0 Å². The van der Waals surface area contributed by atoms with Crippen molar-refractivity contribution >= 4 is 11.7 Å². The van der Waals surface area contributed by atoms with Gasteiger partial charge < -0.3 is 0 Å². The third-order valence-corrected chi connectivity index (χ3v) is 2.16. The van der Waals surface area contributed by atoms with Crippen molar-refractivity contribution in [1.29, 1.82) is 0 Å². The first-order valence-corrected chi connectivity index (χ1v) is 3.56. The fourth-order valence-corrected chi connectivity index (χ4v) is 1.49. The molecule has 3 heteroatoms. The molecule has 46 valence electrons. The third-order valence-electron chi connectivity index (χ3n) is 1.46. The minimum Gasteiger partial charge on any atom is -0.247 e. The maximum absolute atomic E-state index is 12.2. The molecule has 0 amide bonds. The molecule has 0 N–H and O–H groups in total. The Bertz CT molecular complexity index is 96.4. The first-order chi connectivity index (χ1) is 3.83. The van der Waals surface area contributed by atoms with Crippen LogP contribution in [0.3, 0.4) is 0 Å². The molecule has 0 radical (unpaired) electrons. The summed E-state index contributed by atoms with van der Waals surface area (Å²) in [5.41, 5.74) is 0. The number of hydrogen-bond acceptors (Lipinski definition) is 1. The zero-order chi connectivity index (χ0) is 5.98. The Balaban J connectivity index is 2.32. The van der Waals surface area contributed by atoms with Gasteiger partial charge in [0.1, 0.15) is 6.17 Å². The topological polar surface area (TPSA) is 17.1 Å². The molecule has 1 saturated carbocycles. The zero-order valence-electron chi connectivity index (χ0n) is 4.47. The normalized spacial score (nSPS) is 37.6. The molecule has 1 aliphatic rings. The van der Waals surface area contributed by atoms with Crippen molar-refractivity contribution in [1.82, 2.24) is 0 Å². The Morgan fingerprint density at radius 1 is 1.50 bits per heavy atom. The Morgan fingerprint density at radius 2 is 2.25 bits per heavy atom. The van der Waals surface area contributed by atoms with E-state index in [1.807, 2.05) is 0 Å². The van der Waals surface area contributed by atoms with Gasteiger partial charge in [-0.25, -0.2) is 4.39 Å². The summed E-state index contributed by atoms with van der Waals surface area (Å²) in [6.07, 6.45) is 1.16. The standard InChI is InChI=1S/C5H8FOS/c6-4-1-2-5(3-4)8-7/h4-5H,1-3H2/q+1. The fourth-order valence-electron chi connectivity index (χ4n) is 0.975. The lowest BCUT2D eigenvalue weighted by atomic mass is 10.3. The molecule has 2 atom stereocenters. The zero-order valence-corrected chi connectivity index (χ0v) is 5.29. The van der Waals surface area contributed by atoms with Gasteiger partial charge in [-0.1, -0.05) is 0 Å². The third kappa shape index (κ3) is 1.22. The summed E-state index contributed by atoms with van der Waals surface area (Å²) in [7, 11) is 0. The molecule has 0 aromatic heterocycles. The molecule has 1 aliphatic carbocycles.